The fraction of sp³-hybridized carbons (Fsp3) is 0.250. The van der Waals surface area contributed by atoms with Gasteiger partial charge in [0, 0.05) is 0 Å². The number of para-hydroxylation sites is 1. The van der Waals surface area contributed by atoms with Crippen LogP contribution >= 0.6 is 42.6 Å². The molecule has 0 saturated heterocycles. The van der Waals surface area contributed by atoms with Crippen molar-refractivity contribution in [2.75, 3.05) is 0 Å². The number of alkyl halides is 3. The zero-order chi connectivity index (χ0) is 28.0. The molecule has 1 heterocycles. The van der Waals surface area contributed by atoms with E-state index in [1.807, 2.05) is 60.3 Å². The molecular weight excluding hydrogens is 812 g/mol. The normalized spacial score (nSPS) is 15.7. The number of allylic oxidation sites excluding steroid dienone is 4. The van der Waals surface area contributed by atoms with Gasteiger partial charge in [-0.05, 0) is 25.7 Å². The largest absolute Gasteiger partial charge is 2.00 e. The average Bonchev–Trinajstić information content (AvgIpc) is 3.14. The summed E-state index contributed by atoms with van der Waals surface area (Å²) in [6, 6.07) is 20.2. The fourth-order valence-electron chi connectivity index (χ4n) is 2.76. The second-order valence-electron chi connectivity index (χ2n) is 7.39. The van der Waals surface area contributed by atoms with E-state index >= 15 is 0 Å². The van der Waals surface area contributed by atoms with Crippen LogP contribution in [0.25, 0.3) is 16.9 Å². The van der Waals surface area contributed by atoms with Crippen molar-refractivity contribution in [2.24, 2.45) is 7.05 Å². The van der Waals surface area contributed by atoms with Crippen LogP contribution in [0.2, 0.25) is 0 Å². The predicted molar refractivity (Wildman–Crippen MR) is 141 cm³/mol. The van der Waals surface area contributed by atoms with Gasteiger partial charge >= 0.3 is 54.1 Å². The Morgan fingerprint density at radius 2 is 1.10 bits per heavy atom. The van der Waals surface area contributed by atoms with E-state index in [4.69, 9.17) is 34.8 Å². The van der Waals surface area contributed by atoms with Crippen LogP contribution in [-0.2, 0) is 28.1 Å². The first-order valence-electron chi connectivity index (χ1n) is 10.8. The monoisotopic (exact) mass is 836 g/mol. The van der Waals surface area contributed by atoms with Crippen LogP contribution in [0.1, 0.15) is 25.7 Å². The van der Waals surface area contributed by atoms with Crippen molar-refractivity contribution in [1.82, 2.24) is 9.90 Å². The molecule has 0 amide bonds. The molecule has 1 aromatic heterocycles. The Balaban J connectivity index is 0. The maximum absolute atomic E-state index is 10.7. The van der Waals surface area contributed by atoms with Gasteiger partial charge in [-0.25, -0.2) is 4.68 Å². The van der Waals surface area contributed by atoms with Crippen LogP contribution in [0, 0.1) is 6.20 Å². The molecule has 0 fully saturated rings. The molecule has 0 aliphatic heterocycles. The molecule has 3 nitrogen and oxygen atoms in total. The maximum atomic E-state index is 9.87. The molecule has 1 aliphatic carbocycles. The summed E-state index contributed by atoms with van der Waals surface area (Å²) in [7, 11) is -8.73. The van der Waals surface area contributed by atoms with Gasteiger partial charge in [0.25, 0.3) is 0 Å². The predicted octanol–water partition coefficient (Wildman–Crippen LogP) is 7.21. The van der Waals surface area contributed by atoms with E-state index in [9.17, 15) is 25.2 Å². The molecule has 0 bridgehead atoms. The molecule has 15 heteroatoms. The fourth-order valence-corrected chi connectivity index (χ4v) is 2.76. The van der Waals surface area contributed by atoms with Crippen molar-refractivity contribution in [3.63, 3.8) is 0 Å². The molecule has 39 heavy (non-hydrogen) atoms. The minimum absolute atomic E-state index is 0. The molecule has 0 radical (unpaired) electrons. The van der Waals surface area contributed by atoms with Crippen molar-refractivity contribution in [3.8, 4) is 16.9 Å². The van der Waals surface area contributed by atoms with Gasteiger partial charge in [0.2, 0.25) is 0 Å². The molecule has 0 N–H and O–H groups in total. The number of rotatable bonds is 2. The molecule has 0 atom stereocenters. The smallest absolute Gasteiger partial charge is 1.00 e. The molecule has 1 aliphatic rings. The number of benzene rings is 2. The van der Waals surface area contributed by atoms with E-state index < -0.39 is 12.1 Å². The van der Waals surface area contributed by atoms with Crippen LogP contribution in [0.15, 0.2) is 85.0 Å². The minimum atomic E-state index is -10.7. The number of halogens is 10. The Bertz CT molecular complexity index is 1090. The molecule has 0 saturated carbocycles. The Labute approximate surface area is 259 Å². The zero-order valence-corrected chi connectivity index (χ0v) is 26.6. The number of aromatic nitrogens is 3. The Morgan fingerprint density at radius 1 is 0.769 bits per heavy atom. The number of aryl methyl sites for hydroxylation is 1. The van der Waals surface area contributed by atoms with Crippen LogP contribution in [0.4, 0.5) is 25.2 Å². The summed E-state index contributed by atoms with van der Waals surface area (Å²) in [4.78, 5) is 0. The van der Waals surface area contributed by atoms with Gasteiger partial charge in [-0.15, -0.1) is 12.1 Å². The SMILES string of the molecule is C1=C\CC/C=C\CC/1.ClC(Cl)Cl.Cn1n[n+](-c2ccccc2)[c-]c1-c1ccccc1.F[P-](F)(F)(F)(F)F.[Cl-].[Pt+2]. The zero-order valence-electron chi connectivity index (χ0n) is 20.4. The van der Waals surface area contributed by atoms with Crippen LogP contribution in [0.5, 0.6) is 0 Å². The van der Waals surface area contributed by atoms with Crippen LogP contribution < -0.4 is 17.1 Å². The van der Waals surface area contributed by atoms with E-state index in [2.05, 4.69) is 47.8 Å². The second kappa shape index (κ2) is 17.7. The van der Waals surface area contributed by atoms with E-state index in [1.54, 1.807) is 4.68 Å². The summed E-state index contributed by atoms with van der Waals surface area (Å²) >= 11 is 14.4. The first-order valence-corrected chi connectivity index (χ1v) is 14.1. The molecule has 4 rings (SSSR count). The summed E-state index contributed by atoms with van der Waals surface area (Å²) in [5.74, 6) is 0. The summed E-state index contributed by atoms with van der Waals surface area (Å²) in [5, 5.41) is 4.44. The second-order valence-corrected chi connectivity index (χ2v) is 11.3. The van der Waals surface area contributed by atoms with Gasteiger partial charge in [-0.2, -0.15) is 4.68 Å². The average molecular weight is 838 g/mol. The van der Waals surface area contributed by atoms with Crippen LogP contribution in [0.3, 0.4) is 0 Å². The Hall–Kier alpha value is -1.08. The third-order valence-electron chi connectivity index (χ3n) is 4.14. The van der Waals surface area contributed by atoms with Crippen molar-refractivity contribution in [3.05, 3.63) is 91.2 Å². The summed E-state index contributed by atoms with van der Waals surface area (Å²) in [6.45, 7) is 0. The van der Waals surface area contributed by atoms with Gasteiger partial charge in [0.1, 0.15) is 7.05 Å². The van der Waals surface area contributed by atoms with E-state index in [1.165, 1.54) is 25.7 Å². The van der Waals surface area contributed by atoms with Gasteiger partial charge in [-0.3, -0.25) is 0 Å². The first kappa shape index (κ1) is 40.1. The standard InChI is InChI=1S/C15H13N3.C8H12.CHCl3.ClH.F6P.Pt/c1-17-15(13-8-4-2-5-9-13)12-18(16-17)14-10-6-3-7-11-14;1-2-4-6-8-7-5-3-1;2-1(3)4;;1-7(2,3,4,5)6;/h2-11H,1H3;1-2,7-8H,3-6H2;1H;1H;;/q;;;;-1;+2/p-1/b;2-1-,8-7-;;;;. The maximum Gasteiger partial charge on any atom is 2.00 e. The van der Waals surface area contributed by atoms with Crippen molar-refractivity contribution >= 4 is 42.6 Å². The summed E-state index contributed by atoms with van der Waals surface area (Å²) in [6.07, 6.45) is 17.3. The number of hydrogen-bond acceptors (Lipinski definition) is 1. The van der Waals surface area contributed by atoms with E-state index in [0.29, 0.717) is 0 Å². The van der Waals surface area contributed by atoms with Gasteiger partial charge < -0.3 is 12.4 Å². The molecular formula is C24H26Cl4F6N3PPt. The molecule has 222 valence electrons. The third-order valence-corrected chi connectivity index (χ3v) is 4.14. The molecule has 2 aromatic carbocycles. The van der Waals surface area contributed by atoms with Crippen molar-refractivity contribution < 1.29 is 63.3 Å². The van der Waals surface area contributed by atoms with Gasteiger partial charge in [-0.1, -0.05) is 113 Å². The topological polar surface area (TPSA) is 21.7 Å². The first-order chi connectivity index (χ1) is 17.0. The van der Waals surface area contributed by atoms with Gasteiger partial charge in [0.05, 0.1) is 22.8 Å². The van der Waals surface area contributed by atoms with Crippen molar-refractivity contribution in [1.29, 1.82) is 0 Å². The minimum Gasteiger partial charge on any atom is -1.00 e. The molecule has 3 aromatic rings. The van der Waals surface area contributed by atoms with E-state index in [0.717, 1.165) is 16.9 Å². The number of hydrogen-bond donors (Lipinski definition) is 0. The number of nitrogens with zero attached hydrogens (tertiary/aromatic N) is 3. The van der Waals surface area contributed by atoms with Crippen LogP contribution in [-0.4, -0.2) is 14.2 Å². The Kier molecular flexibility index (Phi) is 18.1. The summed E-state index contributed by atoms with van der Waals surface area (Å²) in [5.41, 5.74) is 3.09. The summed E-state index contributed by atoms with van der Waals surface area (Å²) < 4.78 is 62.0. The van der Waals surface area contributed by atoms with E-state index in [-0.39, 0.29) is 33.5 Å². The van der Waals surface area contributed by atoms with Crippen molar-refractivity contribution in [2.45, 2.75) is 30.0 Å². The van der Waals surface area contributed by atoms with Gasteiger partial charge in [0.15, 0.2) is 4.30 Å². The quantitative estimate of drug-likeness (QED) is 0.0669. The molecule has 0 spiro atoms. The molecule has 0 unspecified atom stereocenters. The Morgan fingerprint density at radius 3 is 1.46 bits per heavy atom. The third kappa shape index (κ3) is 24.4.